The standard InChI is InChI=1S/C44H28O/c1-2-13-29(14-3-1)33-17-4-5-19-35(33)44-38-22-8-6-20-36(38)43(37-21-7-9-23-39(37)44)32-16-12-15-30(27-32)31-25-26-42-40(28-31)34-18-10-11-24-41(34)45-42/h1-28H/i4D,5D,10D,11D,12D,15D,16D,17D,18D,19D,24D,25D,26D,27D,28D. The lowest BCUT2D eigenvalue weighted by atomic mass is 9.83. The minimum Gasteiger partial charge on any atom is -0.456 e. The van der Waals surface area contributed by atoms with Gasteiger partial charge in [0.15, 0.2) is 0 Å². The van der Waals surface area contributed by atoms with Crippen LogP contribution in [0.1, 0.15) is 20.6 Å². The molecule has 1 heteroatoms. The van der Waals surface area contributed by atoms with Crippen LogP contribution in [0.5, 0.6) is 0 Å². The summed E-state index contributed by atoms with van der Waals surface area (Å²) < 4.78 is 140. The molecule has 0 unspecified atom stereocenters. The average Bonchev–Trinajstić information content (AvgIpc) is 3.67. The Hall–Kier alpha value is -5.92. The Bertz CT molecular complexity index is 3320. The Kier molecular flexibility index (Phi) is 3.39. The van der Waals surface area contributed by atoms with Crippen LogP contribution in [-0.4, -0.2) is 0 Å². The molecule has 9 aromatic rings. The predicted octanol–water partition coefficient (Wildman–Crippen LogP) is 12.6. The number of para-hydroxylation sites is 1. The van der Waals surface area contributed by atoms with Gasteiger partial charge >= 0.3 is 0 Å². The maximum Gasteiger partial charge on any atom is 0.135 e. The zero-order valence-electron chi connectivity index (χ0n) is 38.4. The second kappa shape index (κ2) is 10.4. The summed E-state index contributed by atoms with van der Waals surface area (Å²) in [5, 5.41) is 1.43. The van der Waals surface area contributed by atoms with Crippen LogP contribution in [0.15, 0.2) is 174 Å². The zero-order chi connectivity index (χ0) is 42.8. The summed E-state index contributed by atoms with van der Waals surface area (Å²) >= 11 is 0. The van der Waals surface area contributed by atoms with Crippen LogP contribution in [0.4, 0.5) is 0 Å². The van der Waals surface area contributed by atoms with Crippen LogP contribution in [0.25, 0.3) is 88.0 Å². The van der Waals surface area contributed by atoms with Gasteiger partial charge in [0.1, 0.15) is 11.2 Å². The summed E-state index contributed by atoms with van der Waals surface area (Å²) in [6.45, 7) is 0. The van der Waals surface area contributed by atoms with E-state index >= 15 is 0 Å². The molecule has 0 bridgehead atoms. The van der Waals surface area contributed by atoms with E-state index in [1.54, 1.807) is 78.9 Å². The van der Waals surface area contributed by atoms with Crippen molar-refractivity contribution >= 4 is 43.5 Å². The van der Waals surface area contributed by atoms with Gasteiger partial charge in [-0.3, -0.25) is 0 Å². The topological polar surface area (TPSA) is 13.1 Å². The fraction of sp³-hybridized carbons (Fsp3) is 0. The van der Waals surface area contributed by atoms with Gasteiger partial charge in [-0.1, -0.05) is 145 Å². The van der Waals surface area contributed by atoms with E-state index in [2.05, 4.69) is 0 Å². The number of furan rings is 1. The number of benzene rings is 8. The van der Waals surface area contributed by atoms with Crippen LogP contribution in [0.3, 0.4) is 0 Å². The molecule has 0 aliphatic rings. The molecule has 0 fully saturated rings. The SMILES string of the molecule is [2H]c1c([2H])c(-c2c([2H])c([2H])c3oc4c([2H])c([2H])c([2H])c([2H])c4c3c2[2H])c([2H])c(-c2c3ccccc3c(-c3c([2H])c([2H])c([2H])c([2H])c3-c3ccccc3)c3ccccc23)c1[2H]. The van der Waals surface area contributed by atoms with Crippen LogP contribution < -0.4 is 0 Å². The smallest absolute Gasteiger partial charge is 0.135 e. The third-order valence-electron chi connectivity index (χ3n) is 7.94. The van der Waals surface area contributed by atoms with E-state index in [0.29, 0.717) is 32.7 Å². The van der Waals surface area contributed by atoms with E-state index < -0.39 is 89.7 Å². The van der Waals surface area contributed by atoms with E-state index in [0.717, 1.165) is 0 Å². The summed E-state index contributed by atoms with van der Waals surface area (Å²) in [7, 11) is 0. The van der Waals surface area contributed by atoms with Gasteiger partial charge in [-0.2, -0.15) is 0 Å². The highest BCUT2D eigenvalue weighted by atomic mass is 16.3. The van der Waals surface area contributed by atoms with Gasteiger partial charge in [0.25, 0.3) is 0 Å². The molecule has 1 aromatic heterocycles. The summed E-state index contributed by atoms with van der Waals surface area (Å²) in [5.41, 5.74) is 0.147. The molecule has 0 spiro atoms. The second-order valence-electron chi connectivity index (χ2n) is 10.5. The fourth-order valence-electron chi connectivity index (χ4n) is 6.01. The molecular formula is C44H28O. The lowest BCUT2D eigenvalue weighted by Gasteiger charge is -2.20. The van der Waals surface area contributed by atoms with Gasteiger partial charge in [0.2, 0.25) is 0 Å². The van der Waals surface area contributed by atoms with E-state index in [1.807, 2.05) is 0 Å². The molecule has 0 aliphatic carbocycles. The minimum absolute atomic E-state index is 0.132. The van der Waals surface area contributed by atoms with Crippen molar-refractivity contribution in [2.24, 2.45) is 0 Å². The molecule has 0 N–H and O–H groups in total. The molecule has 0 radical (unpaired) electrons. The first kappa shape index (κ1) is 14.7. The number of rotatable bonds is 4. The average molecular weight is 588 g/mol. The van der Waals surface area contributed by atoms with Crippen molar-refractivity contribution in [3.05, 3.63) is 169 Å². The van der Waals surface area contributed by atoms with E-state index in [-0.39, 0.29) is 56.3 Å². The fourth-order valence-corrected chi connectivity index (χ4v) is 6.01. The van der Waals surface area contributed by atoms with Crippen molar-refractivity contribution in [1.29, 1.82) is 0 Å². The summed E-state index contributed by atoms with van der Waals surface area (Å²) in [4.78, 5) is 0. The van der Waals surface area contributed by atoms with Crippen LogP contribution in [0.2, 0.25) is 0 Å². The van der Waals surface area contributed by atoms with Gasteiger partial charge in [0, 0.05) is 10.8 Å². The van der Waals surface area contributed by atoms with Gasteiger partial charge in [-0.05, 0) is 90.2 Å². The predicted molar refractivity (Wildman–Crippen MR) is 190 cm³/mol. The highest BCUT2D eigenvalue weighted by Crippen LogP contribution is 2.46. The molecule has 0 amide bonds. The number of fused-ring (bicyclic) bond motifs is 5. The summed E-state index contributed by atoms with van der Waals surface area (Å²) in [6, 6.07) is 15.1. The van der Waals surface area contributed by atoms with Crippen LogP contribution in [-0.2, 0) is 0 Å². The summed E-state index contributed by atoms with van der Waals surface area (Å²) in [5.74, 6) is 0. The molecule has 0 saturated heterocycles. The van der Waals surface area contributed by atoms with Gasteiger partial charge in [0.05, 0.1) is 20.6 Å². The molecular weight excluding hydrogens is 544 g/mol. The molecule has 0 aliphatic heterocycles. The highest BCUT2D eigenvalue weighted by Gasteiger charge is 2.19. The zero-order valence-corrected chi connectivity index (χ0v) is 23.4. The monoisotopic (exact) mass is 587 g/mol. The van der Waals surface area contributed by atoms with E-state index in [4.69, 9.17) is 19.5 Å². The third kappa shape index (κ3) is 4.17. The van der Waals surface area contributed by atoms with Crippen molar-refractivity contribution in [2.45, 2.75) is 0 Å². The van der Waals surface area contributed by atoms with Crippen molar-refractivity contribution in [3.8, 4) is 44.5 Å². The normalized spacial score (nSPS) is 16.2. The van der Waals surface area contributed by atoms with E-state index in [9.17, 15) is 5.48 Å². The quantitative estimate of drug-likeness (QED) is 0.187. The maximum absolute atomic E-state index is 9.77. The first-order chi connectivity index (χ1) is 28.6. The minimum atomic E-state index is -0.665. The van der Waals surface area contributed by atoms with Gasteiger partial charge in [-0.15, -0.1) is 0 Å². The Morgan fingerprint density at radius 3 is 1.69 bits per heavy atom. The Balaban J connectivity index is 1.44. The lowest BCUT2D eigenvalue weighted by molar-refractivity contribution is 0.669. The molecule has 1 nitrogen and oxygen atoms in total. The third-order valence-corrected chi connectivity index (χ3v) is 7.94. The van der Waals surface area contributed by atoms with Crippen molar-refractivity contribution in [1.82, 2.24) is 0 Å². The van der Waals surface area contributed by atoms with Crippen molar-refractivity contribution in [2.75, 3.05) is 0 Å². The Labute approximate surface area is 282 Å². The first-order valence-corrected chi connectivity index (χ1v) is 14.2. The largest absolute Gasteiger partial charge is 0.456 e. The highest BCUT2D eigenvalue weighted by molar-refractivity contribution is 6.22. The number of hydrogen-bond donors (Lipinski definition) is 0. The molecule has 0 saturated carbocycles. The van der Waals surface area contributed by atoms with Crippen LogP contribution >= 0.6 is 0 Å². The second-order valence-corrected chi connectivity index (χ2v) is 10.5. The van der Waals surface area contributed by atoms with Crippen molar-refractivity contribution < 1.29 is 25.0 Å². The first-order valence-electron chi connectivity index (χ1n) is 21.7. The number of hydrogen-bond acceptors (Lipinski definition) is 1. The maximum atomic E-state index is 9.77. The van der Waals surface area contributed by atoms with E-state index in [1.165, 1.54) is 0 Å². The molecule has 9 rings (SSSR count). The molecule has 8 aromatic carbocycles. The van der Waals surface area contributed by atoms with Crippen molar-refractivity contribution in [3.63, 3.8) is 0 Å². The molecule has 1 heterocycles. The Morgan fingerprint density at radius 1 is 0.356 bits per heavy atom. The molecule has 45 heavy (non-hydrogen) atoms. The Morgan fingerprint density at radius 2 is 0.933 bits per heavy atom. The van der Waals surface area contributed by atoms with Gasteiger partial charge in [-0.25, -0.2) is 0 Å². The lowest BCUT2D eigenvalue weighted by Crippen LogP contribution is -1.92. The van der Waals surface area contributed by atoms with Crippen LogP contribution in [0, 0.1) is 0 Å². The molecule has 210 valence electrons. The molecule has 0 atom stereocenters. The van der Waals surface area contributed by atoms with Gasteiger partial charge < -0.3 is 4.42 Å². The summed E-state index contributed by atoms with van der Waals surface area (Å²) in [6.07, 6.45) is 0.